The molecule has 0 saturated heterocycles. The number of alkyl halides is 1. The smallest absolute Gasteiger partial charge is 0.324 e. The molecule has 42 heavy (non-hydrogen) atoms. The van der Waals surface area contributed by atoms with Gasteiger partial charge in [0.15, 0.2) is 0 Å². The zero-order chi connectivity index (χ0) is 30.7. The second-order valence-corrected chi connectivity index (χ2v) is 16.3. The third kappa shape index (κ3) is 40.9. The number of hydrogen-bond acceptors (Lipinski definition) is 1. The third-order valence-electron chi connectivity index (χ3n) is 9.08. The van der Waals surface area contributed by atoms with Crippen LogP contribution in [0.5, 0.6) is 0 Å². The number of rotatable bonds is 37. The predicted octanol–water partition coefficient (Wildman–Crippen LogP) is 14.3. The highest BCUT2D eigenvalue weighted by Gasteiger charge is 2.10. The lowest BCUT2D eigenvalue weighted by Gasteiger charge is -2.05. The van der Waals surface area contributed by atoms with Crippen molar-refractivity contribution >= 4 is 30.2 Å². The number of unbranched alkanes of at least 4 members (excludes halogenated alkanes) is 34. The van der Waals surface area contributed by atoms with Crippen molar-refractivity contribution in [1.82, 2.24) is 0 Å². The Hall–Kier alpha value is 0.880. The van der Waals surface area contributed by atoms with Gasteiger partial charge in [-0.05, 0) is 17.3 Å². The van der Waals surface area contributed by atoms with Gasteiger partial charge in [0.25, 0.3) is 0 Å². The summed E-state index contributed by atoms with van der Waals surface area (Å²) >= 11 is 2.50. The van der Waals surface area contributed by atoms with E-state index in [0.29, 0.717) is 6.42 Å². The highest BCUT2D eigenvalue weighted by Crippen LogP contribution is 2.35. The molecule has 5 heteroatoms. The van der Waals surface area contributed by atoms with Crippen LogP contribution >= 0.6 is 30.2 Å². The Morgan fingerprint density at radius 3 is 0.571 bits per heavy atom. The van der Waals surface area contributed by atoms with Gasteiger partial charge in [-0.1, -0.05) is 234 Å². The maximum atomic E-state index is 10.8. The summed E-state index contributed by atoms with van der Waals surface area (Å²) < 4.78 is 12.1. The average Bonchev–Trinajstić information content (AvgIpc) is 2.96. The average molecular weight is 727 g/mol. The molecule has 0 spiro atoms. The molecule has 0 bridgehead atoms. The van der Waals surface area contributed by atoms with Crippen molar-refractivity contribution in [2.24, 2.45) is 0 Å². The molecule has 0 atom stereocenters. The summed E-state index contributed by atoms with van der Waals surface area (Å²) in [5.74, 6) is 0. The molecule has 0 saturated carbocycles. The summed E-state index contributed by atoms with van der Waals surface area (Å²) in [6.45, 7) is 0. The molecule has 0 aliphatic carbocycles. The van der Waals surface area contributed by atoms with Gasteiger partial charge in [-0.3, -0.25) is 4.57 Å². The SMILES string of the molecule is O=P(O)(O)CCCCCCCCCCCCCCCCCCCCCCCCCCCCCCCCCCCCCI. The van der Waals surface area contributed by atoms with E-state index < -0.39 is 7.60 Å². The van der Waals surface area contributed by atoms with Gasteiger partial charge in [-0.25, -0.2) is 0 Å². The van der Waals surface area contributed by atoms with Crippen LogP contribution < -0.4 is 0 Å². The lowest BCUT2D eigenvalue weighted by Crippen LogP contribution is -1.88. The van der Waals surface area contributed by atoms with Gasteiger partial charge in [0.05, 0.1) is 0 Å². The van der Waals surface area contributed by atoms with Crippen LogP contribution in [0.4, 0.5) is 0 Å². The molecular formula is C37H76IO3P. The highest BCUT2D eigenvalue weighted by molar-refractivity contribution is 14.1. The molecule has 0 amide bonds. The first-order valence-corrected chi connectivity index (χ1v) is 22.5. The van der Waals surface area contributed by atoms with Gasteiger partial charge in [0, 0.05) is 6.16 Å². The van der Waals surface area contributed by atoms with Crippen molar-refractivity contribution in [2.45, 2.75) is 225 Å². The van der Waals surface area contributed by atoms with Gasteiger partial charge in [-0.15, -0.1) is 0 Å². The van der Waals surface area contributed by atoms with E-state index in [-0.39, 0.29) is 6.16 Å². The van der Waals surface area contributed by atoms with E-state index in [1.165, 1.54) is 210 Å². The van der Waals surface area contributed by atoms with Crippen LogP contribution in [-0.2, 0) is 4.57 Å². The van der Waals surface area contributed by atoms with Crippen LogP contribution in [0.3, 0.4) is 0 Å². The first-order valence-electron chi connectivity index (χ1n) is 19.2. The van der Waals surface area contributed by atoms with E-state index in [0.717, 1.165) is 12.8 Å². The third-order valence-corrected chi connectivity index (χ3v) is 10.7. The van der Waals surface area contributed by atoms with Crippen molar-refractivity contribution in [2.75, 3.05) is 10.6 Å². The maximum absolute atomic E-state index is 10.8. The Bertz CT molecular complexity index is 539. The van der Waals surface area contributed by atoms with Crippen molar-refractivity contribution in [1.29, 1.82) is 0 Å². The van der Waals surface area contributed by atoms with E-state index in [2.05, 4.69) is 22.6 Å². The summed E-state index contributed by atoms with van der Waals surface area (Å²) in [5, 5.41) is 0. The van der Waals surface area contributed by atoms with E-state index in [9.17, 15) is 4.57 Å². The fourth-order valence-corrected chi connectivity index (χ4v) is 7.42. The van der Waals surface area contributed by atoms with Crippen LogP contribution in [0.2, 0.25) is 0 Å². The van der Waals surface area contributed by atoms with Gasteiger partial charge in [0.2, 0.25) is 0 Å². The Labute approximate surface area is 278 Å². The van der Waals surface area contributed by atoms with Crippen LogP contribution in [0.15, 0.2) is 0 Å². The quantitative estimate of drug-likeness (QED) is 0.0290. The molecule has 0 aromatic carbocycles. The molecule has 0 unspecified atom stereocenters. The summed E-state index contributed by atoms with van der Waals surface area (Å²) in [5.41, 5.74) is 0. The van der Waals surface area contributed by atoms with Crippen LogP contribution in [-0.4, -0.2) is 20.4 Å². The van der Waals surface area contributed by atoms with Crippen LogP contribution in [0, 0.1) is 0 Å². The molecule has 0 radical (unpaired) electrons. The molecule has 0 fully saturated rings. The molecule has 2 N–H and O–H groups in total. The van der Waals surface area contributed by atoms with Gasteiger partial charge in [0.1, 0.15) is 0 Å². The van der Waals surface area contributed by atoms with Gasteiger partial charge < -0.3 is 9.79 Å². The molecule has 0 aliphatic heterocycles. The standard InChI is InChI=1S/C37H76IO3P/c38-36-34-32-30-28-26-24-22-20-18-16-14-12-10-8-6-4-2-1-3-5-7-9-11-13-15-17-19-21-23-25-27-29-31-33-35-37-42(39,40)41/h1-37H2,(H2,39,40,41). The summed E-state index contributed by atoms with van der Waals surface area (Å²) in [6.07, 6.45) is 48.9. The van der Waals surface area contributed by atoms with E-state index in [1.54, 1.807) is 0 Å². The second-order valence-electron chi connectivity index (χ2n) is 13.5. The van der Waals surface area contributed by atoms with Crippen LogP contribution in [0.1, 0.15) is 225 Å². The van der Waals surface area contributed by atoms with Crippen molar-refractivity contribution in [3.8, 4) is 0 Å². The lowest BCUT2D eigenvalue weighted by molar-refractivity contribution is 0.370. The second kappa shape index (κ2) is 36.3. The Balaban J connectivity index is 3.05. The lowest BCUT2D eigenvalue weighted by atomic mass is 10.0. The Morgan fingerprint density at radius 2 is 0.429 bits per heavy atom. The minimum atomic E-state index is -3.77. The molecule has 0 aromatic rings. The molecule has 254 valence electrons. The Kier molecular flexibility index (Phi) is 37.1. The van der Waals surface area contributed by atoms with Gasteiger partial charge in [-0.2, -0.15) is 0 Å². The molecule has 0 rings (SSSR count). The van der Waals surface area contributed by atoms with E-state index >= 15 is 0 Å². The summed E-state index contributed by atoms with van der Waals surface area (Å²) in [7, 11) is -3.77. The molecule has 0 aromatic heterocycles. The number of halogens is 1. The van der Waals surface area contributed by atoms with E-state index in [4.69, 9.17) is 9.79 Å². The van der Waals surface area contributed by atoms with Crippen molar-refractivity contribution in [3.63, 3.8) is 0 Å². The maximum Gasteiger partial charge on any atom is 0.325 e. The first kappa shape index (κ1) is 42.9. The van der Waals surface area contributed by atoms with Crippen LogP contribution in [0.25, 0.3) is 0 Å². The molecule has 0 aliphatic rings. The Morgan fingerprint density at radius 1 is 0.286 bits per heavy atom. The molecule has 3 nitrogen and oxygen atoms in total. The molecular weight excluding hydrogens is 650 g/mol. The predicted molar refractivity (Wildman–Crippen MR) is 197 cm³/mol. The fraction of sp³-hybridized carbons (Fsp3) is 1.00. The largest absolute Gasteiger partial charge is 0.325 e. The topological polar surface area (TPSA) is 57.5 Å². The van der Waals surface area contributed by atoms with E-state index in [1.807, 2.05) is 0 Å². The summed E-state index contributed by atoms with van der Waals surface area (Å²) in [4.78, 5) is 17.7. The summed E-state index contributed by atoms with van der Waals surface area (Å²) in [6, 6.07) is 0. The number of hydrogen-bond donors (Lipinski definition) is 2. The molecule has 0 heterocycles. The first-order chi connectivity index (χ1) is 20.6. The normalized spacial score (nSPS) is 12.0. The van der Waals surface area contributed by atoms with Crippen molar-refractivity contribution < 1.29 is 14.4 Å². The minimum absolute atomic E-state index is 0.0621. The highest BCUT2D eigenvalue weighted by atomic mass is 127. The fourth-order valence-electron chi connectivity index (χ4n) is 6.25. The minimum Gasteiger partial charge on any atom is -0.324 e. The zero-order valence-corrected chi connectivity index (χ0v) is 31.3. The van der Waals surface area contributed by atoms with Gasteiger partial charge >= 0.3 is 7.60 Å². The zero-order valence-electron chi connectivity index (χ0n) is 28.3. The van der Waals surface area contributed by atoms with Crippen molar-refractivity contribution in [3.05, 3.63) is 0 Å². The monoisotopic (exact) mass is 726 g/mol.